The summed E-state index contributed by atoms with van der Waals surface area (Å²) in [6.07, 6.45) is 0. The quantitative estimate of drug-likeness (QED) is 0.773. The SMILES string of the molecule is O=C([O-])[C@H](Sc1ccccc1)c1ccccc1. The first-order valence-corrected chi connectivity index (χ1v) is 6.13. The van der Waals surface area contributed by atoms with Crippen LogP contribution in [0.2, 0.25) is 0 Å². The molecule has 17 heavy (non-hydrogen) atoms. The van der Waals surface area contributed by atoms with Crippen LogP contribution in [0.25, 0.3) is 0 Å². The topological polar surface area (TPSA) is 40.1 Å². The molecule has 0 unspecified atom stereocenters. The molecular formula is C14H11O2S-. The third-order valence-electron chi connectivity index (χ3n) is 2.31. The fourth-order valence-corrected chi connectivity index (χ4v) is 2.49. The minimum atomic E-state index is -1.06. The summed E-state index contributed by atoms with van der Waals surface area (Å²) in [5.74, 6) is -1.06. The molecule has 0 aromatic heterocycles. The minimum Gasteiger partial charge on any atom is -0.549 e. The van der Waals surface area contributed by atoms with Crippen molar-refractivity contribution in [3.63, 3.8) is 0 Å². The molecule has 2 rings (SSSR count). The molecule has 0 aliphatic heterocycles. The predicted molar refractivity (Wildman–Crippen MR) is 66.5 cm³/mol. The number of carbonyl (C=O) groups excluding carboxylic acids is 1. The number of benzene rings is 2. The number of carbonyl (C=O) groups is 1. The molecule has 0 amide bonds. The molecule has 0 aliphatic carbocycles. The highest BCUT2D eigenvalue weighted by atomic mass is 32.2. The second kappa shape index (κ2) is 5.55. The molecule has 0 radical (unpaired) electrons. The van der Waals surface area contributed by atoms with E-state index in [4.69, 9.17) is 0 Å². The van der Waals surface area contributed by atoms with Gasteiger partial charge in [0.05, 0.1) is 11.2 Å². The lowest BCUT2D eigenvalue weighted by molar-refractivity contribution is -0.305. The minimum absolute atomic E-state index is 0.668. The third-order valence-corrected chi connectivity index (χ3v) is 3.56. The highest BCUT2D eigenvalue weighted by Crippen LogP contribution is 2.34. The Balaban J connectivity index is 2.23. The summed E-state index contributed by atoms with van der Waals surface area (Å²) in [5, 5.41) is 10.5. The lowest BCUT2D eigenvalue weighted by atomic mass is 10.1. The Bertz CT molecular complexity index is 482. The second-order valence-corrected chi connectivity index (χ2v) is 4.72. The van der Waals surface area contributed by atoms with Gasteiger partial charge in [0.25, 0.3) is 0 Å². The van der Waals surface area contributed by atoms with Crippen LogP contribution in [-0.2, 0) is 4.79 Å². The largest absolute Gasteiger partial charge is 0.549 e. The van der Waals surface area contributed by atoms with E-state index in [9.17, 15) is 9.90 Å². The van der Waals surface area contributed by atoms with E-state index in [0.717, 1.165) is 10.5 Å². The van der Waals surface area contributed by atoms with E-state index >= 15 is 0 Å². The Hall–Kier alpha value is -1.74. The Morgan fingerprint density at radius 1 is 0.941 bits per heavy atom. The summed E-state index contributed by atoms with van der Waals surface area (Å²) < 4.78 is 0. The lowest BCUT2D eigenvalue weighted by Gasteiger charge is -2.17. The molecule has 0 N–H and O–H groups in total. The van der Waals surface area contributed by atoms with Crippen molar-refractivity contribution in [1.82, 2.24) is 0 Å². The van der Waals surface area contributed by atoms with E-state index in [2.05, 4.69) is 0 Å². The van der Waals surface area contributed by atoms with E-state index < -0.39 is 11.2 Å². The number of rotatable bonds is 4. The molecule has 0 spiro atoms. The van der Waals surface area contributed by atoms with Crippen LogP contribution in [0.4, 0.5) is 0 Å². The van der Waals surface area contributed by atoms with Gasteiger partial charge in [-0.2, -0.15) is 0 Å². The van der Waals surface area contributed by atoms with Crippen LogP contribution < -0.4 is 5.11 Å². The number of carboxylic acid groups (broad SMARTS) is 1. The van der Waals surface area contributed by atoms with Crippen LogP contribution in [0.3, 0.4) is 0 Å². The zero-order valence-corrected chi connectivity index (χ0v) is 9.89. The van der Waals surface area contributed by atoms with Gasteiger partial charge in [-0.1, -0.05) is 48.5 Å². The Morgan fingerprint density at radius 3 is 2.00 bits per heavy atom. The van der Waals surface area contributed by atoms with Crippen molar-refractivity contribution in [3.05, 3.63) is 66.2 Å². The van der Waals surface area contributed by atoms with Crippen LogP contribution in [-0.4, -0.2) is 5.97 Å². The first kappa shape index (κ1) is 11.7. The average Bonchev–Trinajstić information content (AvgIpc) is 2.38. The van der Waals surface area contributed by atoms with Crippen LogP contribution in [0.5, 0.6) is 0 Å². The molecule has 0 saturated carbocycles. The number of hydrogen-bond donors (Lipinski definition) is 0. The fraction of sp³-hybridized carbons (Fsp3) is 0.0714. The van der Waals surface area contributed by atoms with Crippen molar-refractivity contribution in [2.24, 2.45) is 0 Å². The predicted octanol–water partition coefficient (Wildman–Crippen LogP) is 2.27. The summed E-state index contributed by atoms with van der Waals surface area (Å²) in [6, 6.07) is 18.6. The van der Waals surface area contributed by atoms with Crippen molar-refractivity contribution >= 4 is 17.7 Å². The van der Waals surface area contributed by atoms with E-state index in [0.29, 0.717) is 0 Å². The van der Waals surface area contributed by atoms with Crippen molar-refractivity contribution in [2.75, 3.05) is 0 Å². The van der Waals surface area contributed by atoms with Crippen LogP contribution in [0, 0.1) is 0 Å². The molecule has 86 valence electrons. The number of hydrogen-bond acceptors (Lipinski definition) is 3. The van der Waals surface area contributed by atoms with Crippen molar-refractivity contribution < 1.29 is 9.90 Å². The van der Waals surface area contributed by atoms with Crippen LogP contribution in [0.15, 0.2) is 65.6 Å². The molecular weight excluding hydrogens is 232 g/mol. The highest BCUT2D eigenvalue weighted by molar-refractivity contribution is 8.00. The monoisotopic (exact) mass is 243 g/mol. The van der Waals surface area contributed by atoms with Crippen LogP contribution >= 0.6 is 11.8 Å². The standard InChI is InChI=1S/C14H12O2S/c15-14(16)13(11-7-3-1-4-8-11)17-12-9-5-2-6-10-12/h1-10,13H,(H,15,16)/p-1/t13-/m1/s1. The zero-order valence-electron chi connectivity index (χ0n) is 9.08. The molecule has 0 saturated heterocycles. The maximum atomic E-state index is 11.2. The van der Waals surface area contributed by atoms with Gasteiger partial charge < -0.3 is 9.90 Å². The maximum Gasteiger partial charge on any atom is 0.0739 e. The maximum absolute atomic E-state index is 11.2. The van der Waals surface area contributed by atoms with Gasteiger partial charge in [-0.05, 0) is 17.7 Å². The normalized spacial score (nSPS) is 12.0. The summed E-state index contributed by atoms with van der Waals surface area (Å²) >= 11 is 1.29. The van der Waals surface area contributed by atoms with Crippen molar-refractivity contribution in [3.8, 4) is 0 Å². The molecule has 2 aromatic carbocycles. The van der Waals surface area contributed by atoms with Gasteiger partial charge in [0, 0.05) is 4.90 Å². The first-order valence-electron chi connectivity index (χ1n) is 5.25. The molecule has 1 atom stereocenters. The first-order chi connectivity index (χ1) is 8.27. The molecule has 3 heteroatoms. The number of carboxylic acids is 1. The van der Waals surface area contributed by atoms with Gasteiger partial charge in [-0.3, -0.25) is 0 Å². The fourth-order valence-electron chi connectivity index (χ4n) is 1.52. The van der Waals surface area contributed by atoms with E-state index in [1.54, 1.807) is 12.1 Å². The smallest absolute Gasteiger partial charge is 0.0739 e. The van der Waals surface area contributed by atoms with Crippen molar-refractivity contribution in [2.45, 2.75) is 10.1 Å². The Kier molecular flexibility index (Phi) is 3.83. The lowest BCUT2D eigenvalue weighted by Crippen LogP contribution is -2.27. The number of aliphatic carboxylic acids is 1. The molecule has 2 nitrogen and oxygen atoms in total. The number of thioether (sulfide) groups is 1. The van der Waals surface area contributed by atoms with Gasteiger partial charge in [0.15, 0.2) is 0 Å². The van der Waals surface area contributed by atoms with Gasteiger partial charge in [-0.25, -0.2) is 0 Å². The van der Waals surface area contributed by atoms with Crippen LogP contribution in [0.1, 0.15) is 10.8 Å². The van der Waals surface area contributed by atoms with Gasteiger partial charge >= 0.3 is 0 Å². The summed E-state index contributed by atoms with van der Waals surface area (Å²) in [5.41, 5.74) is 0.751. The molecule has 0 aliphatic rings. The van der Waals surface area contributed by atoms with Gasteiger partial charge in [0.2, 0.25) is 0 Å². The third kappa shape index (κ3) is 3.11. The molecule has 0 bridgehead atoms. The Morgan fingerprint density at radius 2 is 1.47 bits per heavy atom. The molecule has 0 fully saturated rings. The van der Waals surface area contributed by atoms with Gasteiger partial charge in [0.1, 0.15) is 0 Å². The summed E-state index contributed by atoms with van der Waals surface area (Å²) in [6.45, 7) is 0. The summed E-state index contributed by atoms with van der Waals surface area (Å²) in [4.78, 5) is 12.1. The molecule has 0 heterocycles. The van der Waals surface area contributed by atoms with E-state index in [1.807, 2.05) is 48.5 Å². The van der Waals surface area contributed by atoms with Gasteiger partial charge in [-0.15, -0.1) is 11.8 Å². The van der Waals surface area contributed by atoms with Crippen molar-refractivity contribution in [1.29, 1.82) is 0 Å². The van der Waals surface area contributed by atoms with E-state index in [1.165, 1.54) is 11.8 Å². The Labute approximate surface area is 104 Å². The zero-order chi connectivity index (χ0) is 12.1. The second-order valence-electron chi connectivity index (χ2n) is 3.54. The molecule has 2 aromatic rings. The highest BCUT2D eigenvalue weighted by Gasteiger charge is 2.13. The summed E-state index contributed by atoms with van der Waals surface area (Å²) in [7, 11) is 0. The van der Waals surface area contributed by atoms with E-state index in [-0.39, 0.29) is 0 Å². The average molecular weight is 243 g/mol.